The van der Waals surface area contributed by atoms with E-state index in [9.17, 15) is 4.79 Å². The van der Waals surface area contributed by atoms with Gasteiger partial charge in [0, 0.05) is 29.9 Å². The Kier molecular flexibility index (Phi) is 4.89. The number of ether oxygens (including phenoxy) is 1. The van der Waals surface area contributed by atoms with Gasteiger partial charge in [0.2, 0.25) is 0 Å². The molecule has 0 radical (unpaired) electrons. The number of benzene rings is 3. The van der Waals surface area contributed by atoms with Crippen molar-refractivity contribution in [3.63, 3.8) is 0 Å². The number of nitrogens with one attached hydrogen (secondary N) is 1. The van der Waals surface area contributed by atoms with Gasteiger partial charge in [-0.1, -0.05) is 48.5 Å². The van der Waals surface area contributed by atoms with Crippen LogP contribution in [0.25, 0.3) is 22.4 Å². The van der Waals surface area contributed by atoms with E-state index in [0.29, 0.717) is 12.1 Å². The Balaban J connectivity index is 1.30. The van der Waals surface area contributed by atoms with Crippen LogP contribution in [0.3, 0.4) is 0 Å². The maximum absolute atomic E-state index is 13.0. The molecule has 3 aromatic rings. The zero-order valence-electron chi connectivity index (χ0n) is 17.4. The number of morpholine rings is 1. The summed E-state index contributed by atoms with van der Waals surface area (Å²) in [4.78, 5) is 15.5. The van der Waals surface area contributed by atoms with Gasteiger partial charge in [-0.2, -0.15) is 0 Å². The minimum atomic E-state index is -0.0677. The maximum Gasteiger partial charge on any atom is 0.256 e. The smallest absolute Gasteiger partial charge is 0.256 e. The molecular weight excluding hydrogens is 372 g/mol. The van der Waals surface area contributed by atoms with Gasteiger partial charge in [-0.25, -0.2) is 0 Å². The molecule has 1 amide bonds. The molecule has 4 nitrogen and oxygen atoms in total. The first-order chi connectivity index (χ1) is 14.6. The highest BCUT2D eigenvalue weighted by atomic mass is 16.5. The van der Waals surface area contributed by atoms with Crippen LogP contribution in [0.4, 0.5) is 5.69 Å². The van der Waals surface area contributed by atoms with Gasteiger partial charge in [0.15, 0.2) is 0 Å². The number of nitrogens with zero attached hydrogens (tertiary/aromatic N) is 1. The fourth-order valence-corrected chi connectivity index (χ4v) is 4.59. The molecule has 1 aliphatic heterocycles. The third-order valence-electron chi connectivity index (χ3n) is 6.20. The second-order valence-electron chi connectivity index (χ2n) is 8.37. The van der Waals surface area contributed by atoms with Crippen LogP contribution in [-0.2, 0) is 16.1 Å². The van der Waals surface area contributed by atoms with Gasteiger partial charge in [-0.05, 0) is 59.5 Å². The molecule has 5 rings (SSSR count). The van der Waals surface area contributed by atoms with E-state index in [1.54, 1.807) is 0 Å². The number of carbonyl (C=O) groups excluding carboxylic acids is 1. The molecule has 2 atom stereocenters. The summed E-state index contributed by atoms with van der Waals surface area (Å²) in [7, 11) is 0. The lowest BCUT2D eigenvalue weighted by Gasteiger charge is -2.38. The minimum absolute atomic E-state index is 0.0677. The molecule has 2 aliphatic rings. The summed E-state index contributed by atoms with van der Waals surface area (Å²) in [5.74, 6) is -0.0677. The lowest BCUT2D eigenvalue weighted by Crippen LogP contribution is -2.48. The highest BCUT2D eigenvalue weighted by molar-refractivity contribution is 6.34. The van der Waals surface area contributed by atoms with Crippen LogP contribution in [0, 0.1) is 0 Å². The van der Waals surface area contributed by atoms with Crippen molar-refractivity contribution in [2.24, 2.45) is 0 Å². The Bertz CT molecular complexity index is 1120. The molecule has 0 bridgehead atoms. The number of hydrogen-bond donors (Lipinski definition) is 1. The lowest BCUT2D eigenvalue weighted by molar-refractivity contribution is -0.111. The Morgan fingerprint density at radius 3 is 2.43 bits per heavy atom. The average Bonchev–Trinajstić information content (AvgIpc) is 3.13. The predicted octanol–water partition coefficient (Wildman–Crippen LogP) is 4.94. The molecular formula is C26H26N2O2. The van der Waals surface area contributed by atoms with Gasteiger partial charge >= 0.3 is 0 Å². The first-order valence-electron chi connectivity index (χ1n) is 10.6. The number of rotatable bonds is 4. The second-order valence-corrected chi connectivity index (χ2v) is 8.37. The largest absolute Gasteiger partial charge is 0.378 e. The number of carbonyl (C=O) groups is 1. The van der Waals surface area contributed by atoms with Gasteiger partial charge in [0.05, 0.1) is 13.2 Å². The molecule has 1 saturated heterocycles. The van der Waals surface area contributed by atoms with E-state index in [4.69, 9.17) is 4.74 Å². The van der Waals surface area contributed by atoms with Crippen LogP contribution in [0.1, 0.15) is 30.5 Å². The van der Waals surface area contributed by atoms with Crippen molar-refractivity contribution >= 4 is 34.0 Å². The molecule has 152 valence electrons. The van der Waals surface area contributed by atoms with E-state index >= 15 is 0 Å². The molecule has 4 heteroatoms. The van der Waals surface area contributed by atoms with Crippen molar-refractivity contribution < 1.29 is 9.53 Å². The van der Waals surface area contributed by atoms with Crippen LogP contribution in [0.15, 0.2) is 60.7 Å². The fraction of sp³-hybridized carbons (Fsp3) is 0.269. The monoisotopic (exact) mass is 398 g/mol. The van der Waals surface area contributed by atoms with Crippen molar-refractivity contribution in [3.8, 4) is 0 Å². The van der Waals surface area contributed by atoms with Crippen LogP contribution < -0.4 is 5.32 Å². The summed E-state index contributed by atoms with van der Waals surface area (Å²) in [5.41, 5.74) is 4.90. The number of amides is 1. The summed E-state index contributed by atoms with van der Waals surface area (Å²) in [6.07, 6.45) is 1.99. The summed E-state index contributed by atoms with van der Waals surface area (Å²) >= 11 is 0. The Morgan fingerprint density at radius 2 is 1.70 bits per heavy atom. The summed E-state index contributed by atoms with van der Waals surface area (Å²) in [6, 6.07) is 21.3. The Hall–Kier alpha value is -2.95. The molecule has 0 aromatic heterocycles. The normalized spacial score (nSPS) is 20.9. The highest BCUT2D eigenvalue weighted by Crippen LogP contribution is 2.36. The van der Waals surface area contributed by atoms with E-state index in [0.717, 1.165) is 47.5 Å². The standard InChI is InChI=1S/C26H26N2O2/c1-17-15-30-16-18(2)28(17)14-19-9-11-22(12-10-19)27-26(29)24-13-21-7-3-5-20-6-4-8-23(24)25(20)21/h3-13,17-18H,14-16H2,1-2H3,(H,27,29). The SMILES string of the molecule is CC1COCC(C)N1Cc1ccc(NC(=O)C2=Cc3cccc4cccc2c34)cc1. The second kappa shape index (κ2) is 7.71. The average molecular weight is 399 g/mol. The van der Waals surface area contributed by atoms with E-state index in [1.807, 2.05) is 36.4 Å². The Labute approximate surface area is 177 Å². The molecule has 30 heavy (non-hydrogen) atoms. The van der Waals surface area contributed by atoms with Crippen molar-refractivity contribution in [2.45, 2.75) is 32.5 Å². The van der Waals surface area contributed by atoms with Crippen LogP contribution in [0.5, 0.6) is 0 Å². The van der Waals surface area contributed by atoms with Gasteiger partial charge < -0.3 is 10.1 Å². The van der Waals surface area contributed by atoms with Crippen molar-refractivity contribution in [2.75, 3.05) is 18.5 Å². The fourth-order valence-electron chi connectivity index (χ4n) is 4.59. The predicted molar refractivity (Wildman–Crippen MR) is 122 cm³/mol. The summed E-state index contributed by atoms with van der Waals surface area (Å²) < 4.78 is 5.62. The first kappa shape index (κ1) is 19.0. The lowest BCUT2D eigenvalue weighted by atomic mass is 10.0. The molecule has 0 saturated carbocycles. The van der Waals surface area contributed by atoms with Crippen LogP contribution in [-0.4, -0.2) is 36.1 Å². The molecule has 2 unspecified atom stereocenters. The van der Waals surface area contributed by atoms with E-state index < -0.39 is 0 Å². The van der Waals surface area contributed by atoms with Gasteiger partial charge in [0.1, 0.15) is 0 Å². The van der Waals surface area contributed by atoms with E-state index in [-0.39, 0.29) is 5.91 Å². The van der Waals surface area contributed by atoms with Crippen LogP contribution >= 0.6 is 0 Å². The van der Waals surface area contributed by atoms with E-state index in [1.165, 1.54) is 10.9 Å². The topological polar surface area (TPSA) is 41.6 Å². The Morgan fingerprint density at radius 1 is 1.00 bits per heavy atom. The van der Waals surface area contributed by atoms with E-state index in [2.05, 4.69) is 54.4 Å². The summed E-state index contributed by atoms with van der Waals surface area (Å²) in [6.45, 7) is 6.87. The van der Waals surface area contributed by atoms with Gasteiger partial charge in [-0.15, -0.1) is 0 Å². The van der Waals surface area contributed by atoms with Gasteiger partial charge in [0.25, 0.3) is 5.91 Å². The summed E-state index contributed by atoms with van der Waals surface area (Å²) in [5, 5.41) is 5.40. The number of hydrogen-bond acceptors (Lipinski definition) is 3. The third-order valence-corrected chi connectivity index (χ3v) is 6.20. The van der Waals surface area contributed by atoms with Gasteiger partial charge in [-0.3, -0.25) is 9.69 Å². The quantitative estimate of drug-likeness (QED) is 0.677. The maximum atomic E-state index is 13.0. The van der Waals surface area contributed by atoms with Crippen molar-refractivity contribution in [1.29, 1.82) is 0 Å². The minimum Gasteiger partial charge on any atom is -0.378 e. The number of anilines is 1. The molecule has 1 heterocycles. The molecule has 3 aromatic carbocycles. The molecule has 1 fully saturated rings. The molecule has 1 aliphatic carbocycles. The van der Waals surface area contributed by atoms with Crippen molar-refractivity contribution in [1.82, 2.24) is 4.90 Å². The van der Waals surface area contributed by atoms with Crippen LogP contribution in [0.2, 0.25) is 0 Å². The highest BCUT2D eigenvalue weighted by Gasteiger charge is 2.25. The zero-order chi connectivity index (χ0) is 20.7. The molecule has 0 spiro atoms. The van der Waals surface area contributed by atoms with Crippen molar-refractivity contribution in [3.05, 3.63) is 77.4 Å². The molecule has 1 N–H and O–H groups in total. The third kappa shape index (κ3) is 3.42. The first-order valence-corrected chi connectivity index (χ1v) is 10.6. The zero-order valence-corrected chi connectivity index (χ0v) is 17.4.